The van der Waals surface area contributed by atoms with Crippen molar-refractivity contribution in [1.29, 1.82) is 0 Å². The van der Waals surface area contributed by atoms with Crippen molar-refractivity contribution in [3.05, 3.63) is 46.9 Å². The number of likely N-dealkylation sites (N-methyl/N-ethyl adjacent to an activating group) is 1. The molecule has 1 heterocycles. The van der Waals surface area contributed by atoms with E-state index in [1.165, 1.54) is 11.0 Å². The first-order valence-corrected chi connectivity index (χ1v) is 9.96. The topological polar surface area (TPSA) is 75.7 Å². The quantitative estimate of drug-likeness (QED) is 0.815. The van der Waals surface area contributed by atoms with Gasteiger partial charge >= 0.3 is 0 Å². The number of ether oxygens (including phenoxy) is 1. The summed E-state index contributed by atoms with van der Waals surface area (Å²) in [6, 6.07) is 11.7. The van der Waals surface area contributed by atoms with Crippen molar-refractivity contribution in [1.82, 2.24) is 0 Å². The summed E-state index contributed by atoms with van der Waals surface area (Å²) in [6.45, 7) is 1.82. The summed E-state index contributed by atoms with van der Waals surface area (Å²) in [4.78, 5) is 13.7. The molecule has 0 bridgehead atoms. The standard InChI is InChI=1S/C17H17BrN2O4S/c1-3-14-17(21)20(2)13-9-11(18)10-15(16(13)24-14)25(22,23)19-12-7-5-4-6-8-12/h4-10,14,19H,3H2,1-2H3. The van der Waals surface area contributed by atoms with Crippen molar-refractivity contribution < 1.29 is 17.9 Å². The second-order valence-electron chi connectivity index (χ2n) is 5.64. The van der Waals surface area contributed by atoms with Crippen LogP contribution in [0.1, 0.15) is 13.3 Å². The van der Waals surface area contributed by atoms with E-state index in [-0.39, 0.29) is 16.6 Å². The van der Waals surface area contributed by atoms with Crippen LogP contribution >= 0.6 is 15.9 Å². The molecule has 1 aliphatic rings. The van der Waals surface area contributed by atoms with Crippen molar-refractivity contribution in [3.8, 4) is 5.75 Å². The Labute approximate surface area is 155 Å². The van der Waals surface area contributed by atoms with Crippen molar-refractivity contribution in [2.24, 2.45) is 0 Å². The molecule has 1 atom stereocenters. The zero-order valence-electron chi connectivity index (χ0n) is 13.7. The minimum atomic E-state index is -3.89. The van der Waals surface area contributed by atoms with Gasteiger partial charge in [-0.1, -0.05) is 41.1 Å². The molecule has 0 fully saturated rings. The molecule has 2 aromatic rings. The summed E-state index contributed by atoms with van der Waals surface area (Å²) in [5.74, 6) is -0.0203. The SMILES string of the molecule is CCC1Oc2c(cc(Br)cc2S(=O)(=O)Nc2ccccc2)N(C)C1=O. The fourth-order valence-electron chi connectivity index (χ4n) is 2.62. The minimum Gasteiger partial charge on any atom is -0.477 e. The number of benzene rings is 2. The largest absolute Gasteiger partial charge is 0.477 e. The smallest absolute Gasteiger partial charge is 0.267 e. The minimum absolute atomic E-state index is 0.0153. The van der Waals surface area contributed by atoms with E-state index in [2.05, 4.69) is 20.7 Å². The van der Waals surface area contributed by atoms with Crippen molar-refractivity contribution in [3.63, 3.8) is 0 Å². The first-order chi connectivity index (χ1) is 11.8. The van der Waals surface area contributed by atoms with Crippen LogP contribution in [0.15, 0.2) is 51.8 Å². The molecule has 1 amide bonds. The van der Waals surface area contributed by atoms with Gasteiger partial charge in [0.2, 0.25) is 0 Å². The summed E-state index contributed by atoms with van der Waals surface area (Å²) in [5.41, 5.74) is 0.862. The third-order valence-electron chi connectivity index (χ3n) is 3.91. The van der Waals surface area contributed by atoms with Crippen molar-refractivity contribution >= 4 is 43.2 Å². The highest BCUT2D eigenvalue weighted by Gasteiger charge is 2.35. The number of para-hydroxylation sites is 1. The normalized spacial score (nSPS) is 17.0. The molecule has 6 nitrogen and oxygen atoms in total. The molecule has 1 N–H and O–H groups in total. The Hall–Kier alpha value is -2.06. The maximum Gasteiger partial charge on any atom is 0.267 e. The number of carbonyl (C=O) groups excluding carboxylic acids is 1. The average Bonchev–Trinajstić information content (AvgIpc) is 2.58. The number of amides is 1. The molecule has 1 unspecified atom stereocenters. The van der Waals surface area contributed by atoms with E-state index in [4.69, 9.17) is 4.74 Å². The number of fused-ring (bicyclic) bond motifs is 1. The fraction of sp³-hybridized carbons (Fsp3) is 0.235. The van der Waals surface area contributed by atoms with Crippen LogP contribution < -0.4 is 14.4 Å². The van der Waals surface area contributed by atoms with Gasteiger partial charge in [0.25, 0.3) is 15.9 Å². The molecule has 3 rings (SSSR count). The van der Waals surface area contributed by atoms with Gasteiger partial charge in [-0.05, 0) is 30.7 Å². The molecule has 0 radical (unpaired) electrons. The maximum atomic E-state index is 12.9. The molecule has 2 aromatic carbocycles. The van der Waals surface area contributed by atoms with E-state index in [0.717, 1.165) is 0 Å². The van der Waals surface area contributed by atoms with E-state index in [0.29, 0.717) is 22.3 Å². The highest BCUT2D eigenvalue weighted by Crippen LogP contribution is 2.42. The Morgan fingerprint density at radius 1 is 1.24 bits per heavy atom. The Morgan fingerprint density at radius 2 is 1.92 bits per heavy atom. The fourth-order valence-corrected chi connectivity index (χ4v) is 4.46. The number of nitrogens with zero attached hydrogens (tertiary/aromatic N) is 1. The number of hydrogen-bond acceptors (Lipinski definition) is 4. The number of sulfonamides is 1. The average molecular weight is 425 g/mol. The first kappa shape index (κ1) is 17.8. The van der Waals surface area contributed by atoms with E-state index >= 15 is 0 Å². The molecular formula is C17H17BrN2O4S. The number of anilines is 2. The van der Waals surface area contributed by atoms with Gasteiger partial charge in [-0.15, -0.1) is 0 Å². The van der Waals surface area contributed by atoms with E-state index in [1.807, 2.05) is 6.92 Å². The number of halogens is 1. The summed E-state index contributed by atoms with van der Waals surface area (Å²) in [6.07, 6.45) is -0.256. The molecular weight excluding hydrogens is 408 g/mol. The molecule has 0 aliphatic carbocycles. The second kappa shape index (κ2) is 6.68. The second-order valence-corrected chi connectivity index (χ2v) is 8.20. The zero-order valence-corrected chi connectivity index (χ0v) is 16.1. The highest BCUT2D eigenvalue weighted by atomic mass is 79.9. The predicted molar refractivity (Wildman–Crippen MR) is 99.5 cm³/mol. The summed E-state index contributed by atoms with van der Waals surface area (Å²) >= 11 is 3.31. The van der Waals surface area contributed by atoms with Gasteiger partial charge in [0.1, 0.15) is 4.90 Å². The van der Waals surface area contributed by atoms with Crippen LogP contribution in [0.25, 0.3) is 0 Å². The Bertz CT molecular complexity index is 916. The Kier molecular flexibility index (Phi) is 4.75. The monoisotopic (exact) mass is 424 g/mol. The van der Waals surface area contributed by atoms with Gasteiger partial charge in [-0.3, -0.25) is 9.52 Å². The molecule has 0 saturated carbocycles. The Balaban J connectivity index is 2.11. The predicted octanol–water partition coefficient (Wildman–Crippen LogP) is 3.38. The van der Waals surface area contributed by atoms with Gasteiger partial charge in [-0.25, -0.2) is 8.42 Å². The van der Waals surface area contributed by atoms with Gasteiger partial charge < -0.3 is 9.64 Å². The van der Waals surface area contributed by atoms with E-state index in [1.54, 1.807) is 43.4 Å². The molecule has 132 valence electrons. The molecule has 0 spiro atoms. The van der Waals surface area contributed by atoms with E-state index < -0.39 is 16.1 Å². The third-order valence-corrected chi connectivity index (χ3v) is 5.76. The van der Waals surface area contributed by atoms with Crippen molar-refractivity contribution in [2.75, 3.05) is 16.7 Å². The number of carbonyl (C=O) groups is 1. The summed E-state index contributed by atoms with van der Waals surface area (Å²) in [5, 5.41) is 0. The van der Waals surface area contributed by atoms with Gasteiger partial charge in [0.05, 0.1) is 5.69 Å². The zero-order chi connectivity index (χ0) is 18.2. The van der Waals surface area contributed by atoms with Crippen LogP contribution in [0.4, 0.5) is 11.4 Å². The van der Waals surface area contributed by atoms with Crippen LogP contribution in [0.3, 0.4) is 0 Å². The third kappa shape index (κ3) is 3.36. The van der Waals surface area contributed by atoms with Crippen LogP contribution in [0.2, 0.25) is 0 Å². The lowest BCUT2D eigenvalue weighted by atomic mass is 10.1. The number of rotatable bonds is 4. The van der Waals surface area contributed by atoms with Gasteiger partial charge in [0, 0.05) is 17.2 Å². The summed E-state index contributed by atoms with van der Waals surface area (Å²) in [7, 11) is -2.28. The van der Waals surface area contributed by atoms with Crippen LogP contribution in [-0.4, -0.2) is 27.5 Å². The summed E-state index contributed by atoms with van der Waals surface area (Å²) < 4.78 is 34.6. The van der Waals surface area contributed by atoms with Crippen LogP contribution in [-0.2, 0) is 14.8 Å². The lowest BCUT2D eigenvalue weighted by Gasteiger charge is -2.32. The number of hydrogen-bond donors (Lipinski definition) is 1. The van der Waals surface area contributed by atoms with Gasteiger partial charge in [-0.2, -0.15) is 0 Å². The van der Waals surface area contributed by atoms with Crippen LogP contribution in [0, 0.1) is 0 Å². The molecule has 25 heavy (non-hydrogen) atoms. The van der Waals surface area contributed by atoms with Gasteiger partial charge in [0.15, 0.2) is 11.9 Å². The lowest BCUT2D eigenvalue weighted by Crippen LogP contribution is -2.43. The lowest BCUT2D eigenvalue weighted by molar-refractivity contribution is -0.126. The molecule has 0 saturated heterocycles. The van der Waals surface area contributed by atoms with Crippen LogP contribution in [0.5, 0.6) is 5.75 Å². The molecule has 0 aromatic heterocycles. The van der Waals surface area contributed by atoms with E-state index in [9.17, 15) is 13.2 Å². The molecule has 8 heteroatoms. The number of nitrogens with one attached hydrogen (secondary N) is 1. The maximum absolute atomic E-state index is 12.9. The molecule has 1 aliphatic heterocycles. The highest BCUT2D eigenvalue weighted by molar-refractivity contribution is 9.10. The Morgan fingerprint density at radius 3 is 2.56 bits per heavy atom. The van der Waals surface area contributed by atoms with Crippen molar-refractivity contribution in [2.45, 2.75) is 24.3 Å². The first-order valence-electron chi connectivity index (χ1n) is 7.69.